The molecule has 0 saturated carbocycles. The van der Waals surface area contributed by atoms with Crippen LogP contribution in [0.5, 0.6) is 0 Å². The molecule has 0 spiro atoms. The van der Waals surface area contributed by atoms with Crippen molar-refractivity contribution >= 4 is 82.9 Å². The molecule has 0 bridgehead atoms. The molecular weight excluding hydrogens is 768 g/mol. The molecule has 2 aromatic heterocycles. The standard InChI is InChI=1S/C58H46BN2S/c1-56(2,3)32-20-22-33(23-21-32)60-49-29-46-39(34-14-8-11-17-44(34)57(46,4)5)26-41(49)37-24-25-38-42-27-40-35-15-9-12-18-45(35)58(6,7)47(40)30-50(42)61-51-31-53-43(28-48(51)59-54(37)55(38)61)36-16-10-13-19-52(36)62-53/h8-31,60H,1-7H3. The first-order chi connectivity index (χ1) is 29.9. The summed E-state index contributed by atoms with van der Waals surface area (Å²) < 4.78 is 5.27. The second kappa shape index (κ2) is 12.2. The van der Waals surface area contributed by atoms with Crippen molar-refractivity contribution in [3.05, 3.63) is 173 Å². The maximum atomic E-state index is 3.99. The number of nitrogens with one attached hydrogen (secondary N) is 1. The van der Waals surface area contributed by atoms with E-state index in [-0.39, 0.29) is 16.2 Å². The number of thiophene rings is 1. The molecule has 1 radical (unpaired) electrons. The van der Waals surface area contributed by atoms with Crippen molar-refractivity contribution < 1.29 is 0 Å². The summed E-state index contributed by atoms with van der Waals surface area (Å²) in [7, 11) is 2.50. The summed E-state index contributed by atoms with van der Waals surface area (Å²) in [5.74, 6) is 0. The number of nitrogens with zero attached hydrogens (tertiary/aromatic N) is 1. The fourth-order valence-corrected chi connectivity index (χ4v) is 12.6. The molecule has 4 heteroatoms. The summed E-state index contributed by atoms with van der Waals surface area (Å²) >= 11 is 1.90. The minimum atomic E-state index is -0.131. The van der Waals surface area contributed by atoms with Crippen molar-refractivity contribution in [2.45, 2.75) is 64.7 Å². The molecule has 297 valence electrons. The molecule has 0 unspecified atom stereocenters. The van der Waals surface area contributed by atoms with E-state index in [1.807, 2.05) is 11.3 Å². The van der Waals surface area contributed by atoms with Crippen molar-refractivity contribution in [1.29, 1.82) is 0 Å². The Morgan fingerprint density at radius 1 is 0.516 bits per heavy atom. The SMILES string of the molecule is CC(C)(C)c1ccc(Nc2cc3c(cc2-c2ccc4c5cc6c(cc5n5c4c2[B]c2cc4c(cc2-5)sc2ccccc24)C(C)(C)c2ccccc2-6)-c2ccccc2C3(C)C)cc1. The minimum Gasteiger partial charge on any atom is -0.355 e. The zero-order chi connectivity index (χ0) is 42.0. The second-order valence-electron chi connectivity index (χ2n) is 20.1. The zero-order valence-electron chi connectivity index (χ0n) is 36.3. The topological polar surface area (TPSA) is 17.0 Å². The van der Waals surface area contributed by atoms with Gasteiger partial charge in [0.25, 0.3) is 0 Å². The predicted molar refractivity (Wildman–Crippen MR) is 268 cm³/mol. The molecule has 0 fully saturated rings. The van der Waals surface area contributed by atoms with Crippen LogP contribution in [-0.2, 0) is 16.2 Å². The lowest BCUT2D eigenvalue weighted by atomic mass is 9.59. The van der Waals surface area contributed by atoms with Crippen molar-refractivity contribution in [1.82, 2.24) is 4.57 Å². The van der Waals surface area contributed by atoms with Crippen molar-refractivity contribution in [3.8, 4) is 39.1 Å². The summed E-state index contributed by atoms with van der Waals surface area (Å²) in [5.41, 5.74) is 23.1. The number of hydrogen-bond donors (Lipinski definition) is 1. The van der Waals surface area contributed by atoms with Gasteiger partial charge < -0.3 is 9.88 Å². The Kier molecular flexibility index (Phi) is 7.13. The molecule has 1 aliphatic heterocycles. The normalized spacial score (nSPS) is 15.1. The average Bonchev–Trinajstić information content (AvgIpc) is 3.93. The van der Waals surface area contributed by atoms with Gasteiger partial charge in [-0.2, -0.15) is 0 Å². The largest absolute Gasteiger partial charge is 0.355 e. The van der Waals surface area contributed by atoms with Crippen molar-refractivity contribution in [2.75, 3.05) is 5.32 Å². The third-order valence-corrected chi connectivity index (χ3v) is 15.9. The first-order valence-corrected chi connectivity index (χ1v) is 22.9. The minimum absolute atomic E-state index is 0.0793. The highest BCUT2D eigenvalue weighted by Gasteiger charge is 2.39. The van der Waals surface area contributed by atoms with Gasteiger partial charge in [-0.25, -0.2) is 0 Å². The summed E-state index contributed by atoms with van der Waals surface area (Å²) in [6.45, 7) is 16.4. The van der Waals surface area contributed by atoms with Gasteiger partial charge in [-0.1, -0.05) is 151 Å². The zero-order valence-corrected chi connectivity index (χ0v) is 37.1. The molecule has 1 N–H and O–H groups in total. The Morgan fingerprint density at radius 3 is 1.90 bits per heavy atom. The second-order valence-corrected chi connectivity index (χ2v) is 21.1. The van der Waals surface area contributed by atoms with Gasteiger partial charge in [-0.15, -0.1) is 11.3 Å². The molecule has 2 nitrogen and oxygen atoms in total. The highest BCUT2D eigenvalue weighted by atomic mass is 32.1. The van der Waals surface area contributed by atoms with Crippen LogP contribution in [0, 0.1) is 0 Å². The molecule has 62 heavy (non-hydrogen) atoms. The van der Waals surface area contributed by atoms with Crippen LogP contribution in [0.1, 0.15) is 76.3 Å². The lowest BCUT2D eigenvalue weighted by Crippen LogP contribution is -2.37. The van der Waals surface area contributed by atoms with Gasteiger partial charge in [0.1, 0.15) is 0 Å². The van der Waals surface area contributed by atoms with Crippen LogP contribution in [0.4, 0.5) is 11.4 Å². The predicted octanol–water partition coefficient (Wildman–Crippen LogP) is 14.4. The monoisotopic (exact) mass is 813 g/mol. The van der Waals surface area contributed by atoms with Crippen molar-refractivity contribution in [2.24, 2.45) is 0 Å². The van der Waals surface area contributed by atoms with Gasteiger partial charge in [-0.05, 0) is 120 Å². The van der Waals surface area contributed by atoms with Crippen LogP contribution >= 0.6 is 11.3 Å². The Morgan fingerprint density at radius 2 is 1.18 bits per heavy atom. The van der Waals surface area contributed by atoms with E-state index in [2.05, 4.69) is 211 Å². The first kappa shape index (κ1) is 36.3. The van der Waals surface area contributed by atoms with Gasteiger partial charge >= 0.3 is 0 Å². The molecule has 8 aromatic carbocycles. The van der Waals surface area contributed by atoms with E-state index in [1.165, 1.54) is 120 Å². The summed E-state index contributed by atoms with van der Waals surface area (Å²) in [5, 5.41) is 9.24. The van der Waals surface area contributed by atoms with E-state index in [0.717, 1.165) is 11.4 Å². The number of fused-ring (bicyclic) bond motifs is 14. The van der Waals surface area contributed by atoms with Gasteiger partial charge in [0.2, 0.25) is 0 Å². The maximum Gasteiger partial charge on any atom is 0.197 e. The average molecular weight is 814 g/mol. The third kappa shape index (κ3) is 4.82. The number of anilines is 2. The van der Waals surface area contributed by atoms with Gasteiger partial charge in [-0.3, -0.25) is 0 Å². The number of hydrogen-bond acceptors (Lipinski definition) is 2. The van der Waals surface area contributed by atoms with Gasteiger partial charge in [0.05, 0.1) is 5.52 Å². The van der Waals surface area contributed by atoms with Crippen LogP contribution < -0.4 is 16.2 Å². The van der Waals surface area contributed by atoms with Crippen LogP contribution in [-0.4, -0.2) is 11.8 Å². The van der Waals surface area contributed by atoms with Crippen molar-refractivity contribution in [3.63, 3.8) is 0 Å². The highest BCUT2D eigenvalue weighted by Crippen LogP contribution is 2.54. The van der Waals surface area contributed by atoms with Crippen LogP contribution in [0.15, 0.2) is 146 Å². The molecule has 13 rings (SSSR count). The Labute approximate surface area is 368 Å². The lowest BCUT2D eigenvalue weighted by Gasteiger charge is -2.26. The van der Waals surface area contributed by atoms with E-state index in [1.54, 1.807) is 0 Å². The van der Waals surface area contributed by atoms with E-state index in [0.29, 0.717) is 0 Å². The quantitative estimate of drug-likeness (QED) is 0.176. The molecule has 3 aliphatic rings. The summed E-state index contributed by atoms with van der Waals surface area (Å²) in [4.78, 5) is 0. The maximum absolute atomic E-state index is 3.99. The molecule has 0 saturated heterocycles. The van der Waals surface area contributed by atoms with Crippen LogP contribution in [0.2, 0.25) is 0 Å². The number of benzene rings is 8. The Hall–Kier alpha value is -6.36. The Balaban J connectivity index is 1.11. The molecule has 2 aliphatic carbocycles. The first-order valence-electron chi connectivity index (χ1n) is 22.1. The molecule has 10 aromatic rings. The smallest absolute Gasteiger partial charge is 0.197 e. The summed E-state index contributed by atoms with van der Waals surface area (Å²) in [6, 6.07) is 55.7. The number of rotatable bonds is 3. The third-order valence-electron chi connectivity index (χ3n) is 14.8. The highest BCUT2D eigenvalue weighted by molar-refractivity contribution is 7.25. The van der Waals surface area contributed by atoms with E-state index >= 15 is 0 Å². The molecule has 0 amide bonds. The van der Waals surface area contributed by atoms with E-state index in [4.69, 9.17) is 0 Å². The molecule has 0 atom stereocenters. The van der Waals surface area contributed by atoms with E-state index in [9.17, 15) is 0 Å². The van der Waals surface area contributed by atoms with Gasteiger partial charge in [0.15, 0.2) is 7.28 Å². The summed E-state index contributed by atoms with van der Waals surface area (Å²) in [6.07, 6.45) is 0. The fraction of sp³-hybridized carbons (Fsp3) is 0.172. The number of aromatic nitrogens is 1. The fourth-order valence-electron chi connectivity index (χ4n) is 11.5. The Bertz CT molecular complexity index is 3610. The van der Waals surface area contributed by atoms with Crippen LogP contribution in [0.25, 0.3) is 81.0 Å². The molecular formula is C58H46BN2S. The lowest BCUT2D eigenvalue weighted by molar-refractivity contribution is 0.590. The van der Waals surface area contributed by atoms with E-state index < -0.39 is 0 Å². The van der Waals surface area contributed by atoms with Crippen LogP contribution in [0.3, 0.4) is 0 Å². The van der Waals surface area contributed by atoms with Gasteiger partial charge in [0, 0.05) is 64.5 Å². The molecule has 3 heterocycles.